The average molecular weight is 263 g/mol. The first-order valence-corrected chi connectivity index (χ1v) is 6.22. The minimum Gasteiger partial charge on any atom is -0.478 e. The summed E-state index contributed by atoms with van der Waals surface area (Å²) in [5.41, 5.74) is 6.87. The van der Waals surface area contributed by atoms with Crippen LogP contribution in [-0.2, 0) is 4.79 Å². The van der Waals surface area contributed by atoms with Crippen molar-refractivity contribution in [3.8, 4) is 0 Å². The number of nitrogens with two attached hydrogens (primary N) is 1. The lowest BCUT2D eigenvalue weighted by molar-refractivity contribution is -0.123. The molecule has 6 nitrogen and oxygen atoms in total. The molecule has 0 spiro atoms. The number of anilines is 2. The van der Waals surface area contributed by atoms with Crippen LogP contribution in [0.5, 0.6) is 0 Å². The van der Waals surface area contributed by atoms with E-state index in [9.17, 15) is 14.7 Å². The second-order valence-corrected chi connectivity index (χ2v) is 4.46. The Labute approximate surface area is 111 Å². The molecular formula is C13H17N3O3. The van der Waals surface area contributed by atoms with Crippen LogP contribution < -0.4 is 16.0 Å². The standard InChI is InChI=1S/C13H17N3O3/c1-2-10-12(17)15-6-7-16(10)11-8(13(18)19)4-3-5-9(11)14/h3-5,10H,2,6-7,14H2,1H3,(H,15,17)(H,18,19). The smallest absolute Gasteiger partial charge is 0.337 e. The van der Waals surface area contributed by atoms with Gasteiger partial charge in [-0.15, -0.1) is 0 Å². The molecule has 1 saturated heterocycles. The number of rotatable bonds is 3. The number of hydrogen-bond donors (Lipinski definition) is 3. The molecule has 1 aromatic carbocycles. The van der Waals surface area contributed by atoms with Gasteiger partial charge in [0.15, 0.2) is 0 Å². The Morgan fingerprint density at radius 2 is 2.32 bits per heavy atom. The lowest BCUT2D eigenvalue weighted by Gasteiger charge is -2.37. The molecule has 0 bridgehead atoms. The highest BCUT2D eigenvalue weighted by atomic mass is 16.4. The van der Waals surface area contributed by atoms with Crippen molar-refractivity contribution in [3.05, 3.63) is 23.8 Å². The van der Waals surface area contributed by atoms with E-state index >= 15 is 0 Å². The zero-order valence-corrected chi connectivity index (χ0v) is 10.7. The molecule has 102 valence electrons. The molecule has 0 aliphatic carbocycles. The third-order valence-electron chi connectivity index (χ3n) is 3.30. The minimum absolute atomic E-state index is 0.0895. The van der Waals surface area contributed by atoms with E-state index in [1.165, 1.54) is 6.07 Å². The summed E-state index contributed by atoms with van der Waals surface area (Å²) in [6.07, 6.45) is 0.596. The molecule has 1 heterocycles. The number of hydrogen-bond acceptors (Lipinski definition) is 4. The van der Waals surface area contributed by atoms with E-state index in [0.717, 1.165) is 0 Å². The number of carboxylic acids is 1. The van der Waals surface area contributed by atoms with Gasteiger partial charge in [-0.1, -0.05) is 13.0 Å². The highest BCUT2D eigenvalue weighted by Gasteiger charge is 2.31. The number of nitrogens with zero attached hydrogens (tertiary/aromatic N) is 1. The molecule has 0 saturated carbocycles. The van der Waals surface area contributed by atoms with Crippen molar-refractivity contribution in [1.29, 1.82) is 0 Å². The zero-order valence-electron chi connectivity index (χ0n) is 10.7. The van der Waals surface area contributed by atoms with Gasteiger partial charge in [0.25, 0.3) is 0 Å². The van der Waals surface area contributed by atoms with E-state index in [1.807, 2.05) is 6.92 Å². The van der Waals surface area contributed by atoms with Gasteiger partial charge in [0.05, 0.1) is 16.9 Å². The second-order valence-electron chi connectivity index (χ2n) is 4.46. The molecule has 2 rings (SSSR count). The van der Waals surface area contributed by atoms with Gasteiger partial charge in [0, 0.05) is 13.1 Å². The van der Waals surface area contributed by atoms with Gasteiger partial charge in [0.2, 0.25) is 5.91 Å². The Morgan fingerprint density at radius 1 is 1.58 bits per heavy atom. The van der Waals surface area contributed by atoms with Crippen LogP contribution in [0.15, 0.2) is 18.2 Å². The maximum atomic E-state index is 11.9. The van der Waals surface area contributed by atoms with E-state index in [4.69, 9.17) is 5.73 Å². The van der Waals surface area contributed by atoms with Crippen LogP contribution in [0.3, 0.4) is 0 Å². The molecule has 0 radical (unpaired) electrons. The molecule has 1 aromatic rings. The summed E-state index contributed by atoms with van der Waals surface area (Å²) in [5.74, 6) is -1.13. The third-order valence-corrected chi connectivity index (χ3v) is 3.30. The average Bonchev–Trinajstić information content (AvgIpc) is 2.38. The Morgan fingerprint density at radius 3 is 2.95 bits per heavy atom. The van der Waals surface area contributed by atoms with Crippen LogP contribution in [0.2, 0.25) is 0 Å². The SMILES string of the molecule is CCC1C(=O)NCCN1c1c(N)cccc1C(=O)O. The Bertz CT molecular complexity index is 516. The second kappa shape index (κ2) is 5.17. The molecule has 1 amide bonds. The molecule has 1 unspecified atom stereocenters. The summed E-state index contributed by atoms with van der Waals surface area (Å²) in [5, 5.41) is 12.0. The number of amides is 1. The van der Waals surface area contributed by atoms with Gasteiger partial charge < -0.3 is 21.1 Å². The number of para-hydroxylation sites is 1. The predicted molar refractivity (Wildman–Crippen MR) is 72.2 cm³/mol. The fraction of sp³-hybridized carbons (Fsp3) is 0.385. The maximum absolute atomic E-state index is 11.9. The summed E-state index contributed by atoms with van der Waals surface area (Å²) in [7, 11) is 0. The molecule has 1 atom stereocenters. The van der Waals surface area contributed by atoms with Crippen LogP contribution in [0, 0.1) is 0 Å². The largest absolute Gasteiger partial charge is 0.478 e. The first-order valence-electron chi connectivity index (χ1n) is 6.22. The predicted octanol–water partition coefficient (Wildman–Crippen LogP) is 0.682. The van der Waals surface area contributed by atoms with E-state index in [0.29, 0.717) is 30.9 Å². The van der Waals surface area contributed by atoms with Crippen LogP contribution in [0.1, 0.15) is 23.7 Å². The number of carbonyl (C=O) groups excluding carboxylic acids is 1. The lowest BCUT2D eigenvalue weighted by atomic mass is 10.0. The van der Waals surface area contributed by atoms with Crippen LogP contribution in [-0.4, -0.2) is 36.1 Å². The van der Waals surface area contributed by atoms with Gasteiger partial charge in [-0.25, -0.2) is 4.79 Å². The lowest BCUT2D eigenvalue weighted by Crippen LogP contribution is -2.55. The molecular weight excluding hydrogens is 246 g/mol. The monoisotopic (exact) mass is 263 g/mol. The number of carbonyl (C=O) groups is 2. The Kier molecular flexibility index (Phi) is 3.59. The summed E-state index contributed by atoms with van der Waals surface area (Å²) in [4.78, 5) is 25.0. The van der Waals surface area contributed by atoms with E-state index in [-0.39, 0.29) is 17.5 Å². The number of benzene rings is 1. The molecule has 19 heavy (non-hydrogen) atoms. The molecule has 1 fully saturated rings. The molecule has 1 aliphatic rings. The first kappa shape index (κ1) is 13.2. The number of aromatic carboxylic acids is 1. The van der Waals surface area contributed by atoms with E-state index in [1.54, 1.807) is 17.0 Å². The maximum Gasteiger partial charge on any atom is 0.337 e. The molecule has 0 aromatic heterocycles. The van der Waals surface area contributed by atoms with Crippen molar-refractivity contribution in [2.75, 3.05) is 23.7 Å². The van der Waals surface area contributed by atoms with Crippen LogP contribution in [0.25, 0.3) is 0 Å². The van der Waals surface area contributed by atoms with Crippen molar-refractivity contribution >= 4 is 23.3 Å². The van der Waals surface area contributed by atoms with E-state index in [2.05, 4.69) is 5.32 Å². The quantitative estimate of drug-likeness (QED) is 0.697. The van der Waals surface area contributed by atoms with Gasteiger partial charge in [-0.3, -0.25) is 4.79 Å². The topological polar surface area (TPSA) is 95.7 Å². The van der Waals surface area contributed by atoms with E-state index < -0.39 is 5.97 Å². The highest BCUT2D eigenvalue weighted by molar-refractivity contribution is 6.00. The normalized spacial score (nSPS) is 19.1. The van der Waals surface area contributed by atoms with Crippen LogP contribution in [0.4, 0.5) is 11.4 Å². The summed E-state index contributed by atoms with van der Waals surface area (Å²) in [6.45, 7) is 2.93. The molecule has 6 heteroatoms. The number of nitrogen functional groups attached to an aromatic ring is 1. The van der Waals surface area contributed by atoms with Crippen molar-refractivity contribution in [2.45, 2.75) is 19.4 Å². The van der Waals surface area contributed by atoms with Crippen molar-refractivity contribution in [1.82, 2.24) is 5.32 Å². The fourth-order valence-corrected chi connectivity index (χ4v) is 2.44. The summed E-state index contributed by atoms with van der Waals surface area (Å²) >= 11 is 0. The van der Waals surface area contributed by atoms with Crippen molar-refractivity contribution < 1.29 is 14.7 Å². The Balaban J connectivity index is 2.50. The van der Waals surface area contributed by atoms with Crippen molar-refractivity contribution in [2.24, 2.45) is 0 Å². The summed E-state index contributed by atoms with van der Waals surface area (Å²) in [6, 6.07) is 4.39. The van der Waals surface area contributed by atoms with Gasteiger partial charge in [-0.2, -0.15) is 0 Å². The van der Waals surface area contributed by atoms with Crippen LogP contribution >= 0.6 is 0 Å². The number of nitrogens with one attached hydrogen (secondary N) is 1. The minimum atomic E-state index is -1.04. The number of piperazine rings is 1. The van der Waals surface area contributed by atoms with Gasteiger partial charge >= 0.3 is 5.97 Å². The zero-order chi connectivity index (χ0) is 14.0. The first-order chi connectivity index (χ1) is 9.06. The molecule has 4 N–H and O–H groups in total. The van der Waals surface area contributed by atoms with Gasteiger partial charge in [-0.05, 0) is 18.6 Å². The number of carboxylic acid groups (broad SMARTS) is 1. The highest BCUT2D eigenvalue weighted by Crippen LogP contribution is 2.31. The van der Waals surface area contributed by atoms with Crippen molar-refractivity contribution in [3.63, 3.8) is 0 Å². The molecule has 1 aliphatic heterocycles. The Hall–Kier alpha value is -2.24. The summed E-state index contributed by atoms with van der Waals surface area (Å²) < 4.78 is 0. The van der Waals surface area contributed by atoms with Gasteiger partial charge in [0.1, 0.15) is 6.04 Å². The third kappa shape index (κ3) is 2.33. The fourth-order valence-electron chi connectivity index (χ4n) is 2.44.